The Balaban J connectivity index is 2.00. The first-order valence-corrected chi connectivity index (χ1v) is 13.7. The molecule has 3 saturated heterocycles. The molecule has 3 unspecified atom stereocenters. The smallest absolute Gasteiger partial charge is 0.312 e. The largest absolute Gasteiger partial charge is 0.465 e. The highest BCUT2D eigenvalue weighted by atomic mass is 16.6. The van der Waals surface area contributed by atoms with E-state index in [0.717, 1.165) is 19.3 Å². The van der Waals surface area contributed by atoms with Crippen molar-refractivity contribution in [3.8, 4) is 0 Å². The lowest BCUT2D eigenvalue weighted by Gasteiger charge is -2.42. The fourth-order valence-electron chi connectivity index (χ4n) is 6.64. The monoisotopic (exact) mass is 518 g/mol. The highest BCUT2D eigenvalue weighted by molar-refractivity contribution is 5.98. The van der Waals surface area contributed by atoms with Crippen LogP contribution in [0, 0.1) is 17.8 Å². The van der Waals surface area contributed by atoms with Gasteiger partial charge in [-0.3, -0.25) is 14.4 Å². The van der Waals surface area contributed by atoms with Gasteiger partial charge >= 0.3 is 5.97 Å². The number of carbonyl (C=O) groups excluding carboxylic acids is 3. The minimum Gasteiger partial charge on any atom is -0.465 e. The van der Waals surface area contributed by atoms with E-state index < -0.39 is 40.6 Å². The molecule has 2 bridgehead atoms. The Morgan fingerprint density at radius 1 is 1.22 bits per heavy atom. The van der Waals surface area contributed by atoms with Gasteiger partial charge in [-0.05, 0) is 72.1 Å². The molecule has 208 valence electrons. The minimum absolute atomic E-state index is 0.00616. The summed E-state index contributed by atoms with van der Waals surface area (Å²) in [5.74, 6) is -2.43. The van der Waals surface area contributed by atoms with Crippen LogP contribution in [0.25, 0.3) is 0 Å². The summed E-state index contributed by atoms with van der Waals surface area (Å²) < 4.78 is 12.4. The fraction of sp³-hybridized carbons (Fsp3) is 0.759. The molecule has 0 aromatic carbocycles. The summed E-state index contributed by atoms with van der Waals surface area (Å²) in [6.07, 6.45) is 7.56. The number of aliphatic hydroxyl groups excluding tert-OH is 1. The van der Waals surface area contributed by atoms with Crippen molar-refractivity contribution < 1.29 is 29.0 Å². The number of rotatable bonds is 13. The van der Waals surface area contributed by atoms with Crippen molar-refractivity contribution in [2.45, 2.75) is 95.9 Å². The zero-order valence-electron chi connectivity index (χ0n) is 23.3. The summed E-state index contributed by atoms with van der Waals surface area (Å²) in [6, 6.07) is -0.850. The molecule has 8 nitrogen and oxygen atoms in total. The fourth-order valence-corrected chi connectivity index (χ4v) is 6.64. The van der Waals surface area contributed by atoms with Crippen LogP contribution in [-0.4, -0.2) is 81.8 Å². The van der Waals surface area contributed by atoms with E-state index in [9.17, 15) is 19.5 Å². The Hall–Kier alpha value is -2.19. The van der Waals surface area contributed by atoms with Crippen LogP contribution in [0.15, 0.2) is 25.3 Å². The van der Waals surface area contributed by atoms with Crippen molar-refractivity contribution in [2.75, 3.05) is 26.3 Å². The van der Waals surface area contributed by atoms with Gasteiger partial charge in [-0.15, -0.1) is 13.2 Å². The third-order valence-corrected chi connectivity index (χ3v) is 8.54. The molecule has 3 heterocycles. The normalized spacial score (nSPS) is 32.4. The summed E-state index contributed by atoms with van der Waals surface area (Å²) in [6.45, 7) is 18.3. The second kappa shape index (κ2) is 11.3. The quantitative estimate of drug-likeness (QED) is 0.228. The van der Waals surface area contributed by atoms with Crippen molar-refractivity contribution in [1.82, 2.24) is 9.80 Å². The number of amides is 2. The first kappa shape index (κ1) is 29.4. The summed E-state index contributed by atoms with van der Waals surface area (Å²) in [5.41, 5.74) is -2.49. The van der Waals surface area contributed by atoms with Crippen molar-refractivity contribution in [3.63, 3.8) is 0 Å². The number of aliphatic hydroxyl groups is 1. The summed E-state index contributed by atoms with van der Waals surface area (Å²) in [4.78, 5) is 45.2. The van der Waals surface area contributed by atoms with Crippen molar-refractivity contribution in [2.24, 2.45) is 17.8 Å². The van der Waals surface area contributed by atoms with Gasteiger partial charge < -0.3 is 24.4 Å². The molecule has 1 N–H and O–H groups in total. The molecule has 3 aliphatic heterocycles. The second-order valence-electron chi connectivity index (χ2n) is 12.0. The molecule has 6 atom stereocenters. The molecule has 0 aromatic heterocycles. The molecule has 37 heavy (non-hydrogen) atoms. The van der Waals surface area contributed by atoms with Gasteiger partial charge in [0.05, 0.1) is 18.1 Å². The van der Waals surface area contributed by atoms with E-state index in [0.29, 0.717) is 32.4 Å². The number of nitrogens with zero attached hydrogens (tertiary/aromatic N) is 2. The summed E-state index contributed by atoms with van der Waals surface area (Å²) >= 11 is 0. The van der Waals surface area contributed by atoms with Crippen LogP contribution in [0.1, 0.15) is 73.1 Å². The first-order chi connectivity index (χ1) is 17.4. The Kier molecular flexibility index (Phi) is 8.95. The highest BCUT2D eigenvalue weighted by Gasteiger charge is 2.80. The molecule has 3 rings (SSSR count). The molecular formula is C29H46N2O6. The van der Waals surface area contributed by atoms with Crippen LogP contribution in [0.3, 0.4) is 0 Å². The molecule has 0 radical (unpaired) electrons. The number of ether oxygens (including phenoxy) is 2. The SMILES string of the molecule is C=CCCCCOC(=O)[C@@H]1[C@H]2C(=O)N(CCCCO)C(C(=O)N(CC=C)C(C)(C)C)C23CC(C)[C@@]1(C)O3. The Morgan fingerprint density at radius 2 is 1.92 bits per heavy atom. The average Bonchev–Trinajstić information content (AvgIpc) is 3.33. The third-order valence-electron chi connectivity index (χ3n) is 8.54. The van der Waals surface area contributed by atoms with Crippen molar-refractivity contribution >= 4 is 17.8 Å². The maximum Gasteiger partial charge on any atom is 0.312 e. The maximum absolute atomic E-state index is 14.3. The minimum atomic E-state index is -1.10. The van der Waals surface area contributed by atoms with E-state index in [1.54, 1.807) is 15.9 Å². The molecule has 0 saturated carbocycles. The zero-order valence-corrected chi connectivity index (χ0v) is 23.3. The number of unbranched alkanes of at least 4 members (excludes halogenated alkanes) is 3. The van der Waals surface area contributed by atoms with Gasteiger partial charge in [0.1, 0.15) is 17.6 Å². The van der Waals surface area contributed by atoms with E-state index in [1.807, 2.05) is 40.7 Å². The standard InChI is InChI=1S/C29H46N2O6/c1-8-10-11-14-18-36-26(35)22-21-24(33)30(16-12-13-17-32)23(25(34)31(15-9-2)27(4,5)6)29(21)19-20(3)28(22,7)37-29/h8-9,20-23,32H,1-2,10-19H2,3-7H3/t20?,21-,22-,23?,28+,29?/m0/s1. The van der Waals surface area contributed by atoms with Crippen LogP contribution in [0.5, 0.6) is 0 Å². The van der Waals surface area contributed by atoms with Gasteiger partial charge in [-0.25, -0.2) is 0 Å². The Bertz CT molecular complexity index is 897. The van der Waals surface area contributed by atoms with E-state index in [-0.39, 0.29) is 30.9 Å². The summed E-state index contributed by atoms with van der Waals surface area (Å²) in [7, 11) is 0. The van der Waals surface area contributed by atoms with Crippen molar-refractivity contribution in [1.29, 1.82) is 0 Å². The number of fused-ring (bicyclic) bond motifs is 1. The first-order valence-electron chi connectivity index (χ1n) is 13.7. The second-order valence-corrected chi connectivity index (χ2v) is 12.0. The molecule has 3 fully saturated rings. The van der Waals surface area contributed by atoms with Crippen LogP contribution in [0.4, 0.5) is 0 Å². The lowest BCUT2D eigenvalue weighted by atomic mass is 9.62. The summed E-state index contributed by atoms with van der Waals surface area (Å²) in [5, 5.41) is 9.35. The number of hydrogen-bond donors (Lipinski definition) is 1. The van der Waals surface area contributed by atoms with E-state index in [4.69, 9.17) is 9.47 Å². The lowest BCUT2D eigenvalue weighted by molar-refractivity contribution is -0.163. The molecular weight excluding hydrogens is 472 g/mol. The third kappa shape index (κ3) is 5.11. The van der Waals surface area contributed by atoms with Crippen LogP contribution in [0.2, 0.25) is 0 Å². The number of carbonyl (C=O) groups is 3. The van der Waals surface area contributed by atoms with Crippen LogP contribution >= 0.6 is 0 Å². The number of allylic oxidation sites excluding steroid dienone is 1. The van der Waals surface area contributed by atoms with Crippen LogP contribution < -0.4 is 0 Å². The predicted molar refractivity (Wildman–Crippen MR) is 141 cm³/mol. The van der Waals surface area contributed by atoms with Gasteiger partial charge in [-0.2, -0.15) is 0 Å². The van der Waals surface area contributed by atoms with Gasteiger partial charge in [0.2, 0.25) is 11.8 Å². The Labute approximate surface area is 222 Å². The maximum atomic E-state index is 14.3. The lowest BCUT2D eigenvalue weighted by Crippen LogP contribution is -2.60. The number of likely N-dealkylation sites (tertiary alicyclic amines) is 1. The highest BCUT2D eigenvalue weighted by Crippen LogP contribution is 2.65. The topological polar surface area (TPSA) is 96.4 Å². The molecule has 0 aliphatic carbocycles. The Morgan fingerprint density at radius 3 is 2.51 bits per heavy atom. The van der Waals surface area contributed by atoms with Crippen LogP contribution in [-0.2, 0) is 23.9 Å². The average molecular weight is 519 g/mol. The van der Waals surface area contributed by atoms with E-state index >= 15 is 0 Å². The van der Waals surface area contributed by atoms with Gasteiger partial charge in [0, 0.05) is 25.2 Å². The molecule has 3 aliphatic rings. The molecule has 8 heteroatoms. The zero-order chi connectivity index (χ0) is 27.6. The predicted octanol–water partition coefficient (Wildman–Crippen LogP) is 3.48. The van der Waals surface area contributed by atoms with Crippen molar-refractivity contribution in [3.05, 3.63) is 25.3 Å². The number of hydrogen-bond acceptors (Lipinski definition) is 6. The molecule has 2 amide bonds. The number of esters is 1. The van der Waals surface area contributed by atoms with E-state index in [1.165, 1.54) is 0 Å². The molecule has 0 aromatic rings. The van der Waals surface area contributed by atoms with Gasteiger partial charge in [0.15, 0.2) is 0 Å². The molecule has 1 spiro atoms. The van der Waals surface area contributed by atoms with Gasteiger partial charge in [0.25, 0.3) is 0 Å². The van der Waals surface area contributed by atoms with Gasteiger partial charge in [-0.1, -0.05) is 19.1 Å². The van der Waals surface area contributed by atoms with E-state index in [2.05, 4.69) is 13.2 Å².